The summed E-state index contributed by atoms with van der Waals surface area (Å²) in [5, 5.41) is 5.87. The zero-order valence-corrected chi connectivity index (χ0v) is 13.0. The maximum absolute atomic E-state index is 12.2. The fourth-order valence-electron chi connectivity index (χ4n) is 1.79. The maximum atomic E-state index is 12.2. The molecule has 114 valence electrons. The van der Waals surface area contributed by atoms with E-state index in [2.05, 4.69) is 15.6 Å². The predicted octanol–water partition coefficient (Wildman–Crippen LogP) is 3.13. The molecule has 22 heavy (non-hydrogen) atoms. The average Bonchev–Trinajstić information content (AvgIpc) is 2.49. The molecular formula is C16H16ClN3O2. The van der Waals surface area contributed by atoms with E-state index >= 15 is 0 Å². The molecule has 2 N–H and O–H groups in total. The molecule has 0 saturated heterocycles. The van der Waals surface area contributed by atoms with Crippen LogP contribution in [0.2, 0.25) is 5.02 Å². The first-order chi connectivity index (χ1) is 10.5. The lowest BCUT2D eigenvalue weighted by Crippen LogP contribution is -2.30. The van der Waals surface area contributed by atoms with Crippen LogP contribution in [-0.2, 0) is 0 Å². The highest BCUT2D eigenvalue weighted by atomic mass is 35.5. The van der Waals surface area contributed by atoms with Gasteiger partial charge in [-0.2, -0.15) is 0 Å². The number of nitrogens with one attached hydrogen (secondary N) is 2. The zero-order chi connectivity index (χ0) is 16.1. The highest BCUT2D eigenvalue weighted by Crippen LogP contribution is 2.21. The highest BCUT2D eigenvalue weighted by Gasteiger charge is 2.13. The predicted molar refractivity (Wildman–Crippen MR) is 86.2 cm³/mol. The number of aromatic nitrogens is 1. The quantitative estimate of drug-likeness (QED) is 0.910. The molecule has 2 rings (SSSR count). The molecule has 0 atom stereocenters. The number of pyridine rings is 1. The Kier molecular flexibility index (Phi) is 5.12. The fourth-order valence-corrected chi connectivity index (χ4v) is 1.97. The van der Waals surface area contributed by atoms with Gasteiger partial charge in [0.25, 0.3) is 11.8 Å². The Balaban J connectivity index is 2.17. The summed E-state index contributed by atoms with van der Waals surface area (Å²) in [6, 6.07) is 9.93. The molecule has 0 bridgehead atoms. The lowest BCUT2D eigenvalue weighted by atomic mass is 10.2. The summed E-state index contributed by atoms with van der Waals surface area (Å²) in [5.74, 6) is -0.670. The van der Waals surface area contributed by atoms with Crippen LogP contribution in [-0.4, -0.2) is 22.8 Å². The molecule has 2 aromatic rings. The number of nitrogens with zero attached hydrogens (tertiary/aromatic N) is 1. The van der Waals surface area contributed by atoms with E-state index in [0.29, 0.717) is 16.3 Å². The molecule has 0 unspecified atom stereocenters. The Morgan fingerprint density at radius 2 is 1.86 bits per heavy atom. The molecule has 0 radical (unpaired) electrons. The van der Waals surface area contributed by atoms with E-state index in [-0.39, 0.29) is 17.6 Å². The Morgan fingerprint density at radius 3 is 2.55 bits per heavy atom. The van der Waals surface area contributed by atoms with Gasteiger partial charge in [0.1, 0.15) is 5.69 Å². The van der Waals surface area contributed by atoms with E-state index < -0.39 is 5.91 Å². The standard InChI is InChI=1S/C16H16ClN3O2/c1-10(2)19-15(21)11-7-8-18-14(9-11)16(22)20-13-6-4-3-5-12(13)17/h3-10H,1-2H3,(H,19,21)(H,20,22). The van der Waals surface area contributed by atoms with Crippen molar-refractivity contribution in [1.82, 2.24) is 10.3 Å². The van der Waals surface area contributed by atoms with Crippen molar-refractivity contribution in [2.45, 2.75) is 19.9 Å². The van der Waals surface area contributed by atoms with Crippen LogP contribution < -0.4 is 10.6 Å². The summed E-state index contributed by atoms with van der Waals surface area (Å²) in [6.07, 6.45) is 1.43. The molecule has 0 spiro atoms. The number of carbonyl (C=O) groups excluding carboxylic acids is 2. The lowest BCUT2D eigenvalue weighted by Gasteiger charge is -2.09. The molecule has 0 aliphatic rings. The summed E-state index contributed by atoms with van der Waals surface area (Å²) in [6.45, 7) is 3.73. The lowest BCUT2D eigenvalue weighted by molar-refractivity contribution is 0.0943. The smallest absolute Gasteiger partial charge is 0.274 e. The van der Waals surface area contributed by atoms with Crippen molar-refractivity contribution in [2.24, 2.45) is 0 Å². The first-order valence-corrected chi connectivity index (χ1v) is 7.18. The second-order valence-electron chi connectivity index (χ2n) is 4.99. The van der Waals surface area contributed by atoms with E-state index in [9.17, 15) is 9.59 Å². The molecule has 5 nitrogen and oxygen atoms in total. The number of amides is 2. The second kappa shape index (κ2) is 7.04. The van der Waals surface area contributed by atoms with Gasteiger partial charge in [0, 0.05) is 17.8 Å². The molecule has 1 heterocycles. The van der Waals surface area contributed by atoms with Gasteiger partial charge in [-0.25, -0.2) is 0 Å². The Labute approximate surface area is 133 Å². The van der Waals surface area contributed by atoms with Gasteiger partial charge in [0.05, 0.1) is 10.7 Å². The van der Waals surface area contributed by atoms with Crippen LogP contribution in [0.4, 0.5) is 5.69 Å². The zero-order valence-electron chi connectivity index (χ0n) is 12.3. The van der Waals surface area contributed by atoms with Crippen molar-refractivity contribution in [1.29, 1.82) is 0 Å². The van der Waals surface area contributed by atoms with Gasteiger partial charge in [-0.05, 0) is 38.1 Å². The van der Waals surface area contributed by atoms with Crippen molar-refractivity contribution in [3.05, 3.63) is 58.9 Å². The maximum Gasteiger partial charge on any atom is 0.274 e. The van der Waals surface area contributed by atoms with Crippen LogP contribution in [0.25, 0.3) is 0 Å². The summed E-state index contributed by atoms with van der Waals surface area (Å²) in [4.78, 5) is 28.1. The number of carbonyl (C=O) groups is 2. The number of anilines is 1. The molecule has 0 aliphatic heterocycles. The number of rotatable bonds is 4. The van der Waals surface area contributed by atoms with Gasteiger partial charge < -0.3 is 10.6 Å². The van der Waals surface area contributed by atoms with E-state index in [1.807, 2.05) is 13.8 Å². The molecule has 0 fully saturated rings. The van der Waals surface area contributed by atoms with Gasteiger partial charge in [0.2, 0.25) is 0 Å². The van der Waals surface area contributed by atoms with Crippen molar-refractivity contribution in [2.75, 3.05) is 5.32 Å². The van der Waals surface area contributed by atoms with Gasteiger partial charge in [-0.15, -0.1) is 0 Å². The Bertz CT molecular complexity index is 701. The number of para-hydroxylation sites is 1. The minimum Gasteiger partial charge on any atom is -0.350 e. The van der Waals surface area contributed by atoms with Crippen molar-refractivity contribution in [3.8, 4) is 0 Å². The van der Waals surface area contributed by atoms with Crippen molar-refractivity contribution in [3.63, 3.8) is 0 Å². The first kappa shape index (κ1) is 16.0. The van der Waals surface area contributed by atoms with Crippen LogP contribution in [0.5, 0.6) is 0 Å². The third-order valence-corrected chi connectivity index (χ3v) is 3.13. The SMILES string of the molecule is CC(C)NC(=O)c1ccnc(C(=O)Nc2ccccc2Cl)c1. The minimum absolute atomic E-state index is 0.0149. The summed E-state index contributed by atoms with van der Waals surface area (Å²) < 4.78 is 0. The van der Waals surface area contributed by atoms with Crippen LogP contribution in [0.1, 0.15) is 34.7 Å². The minimum atomic E-state index is -0.424. The molecule has 1 aromatic heterocycles. The highest BCUT2D eigenvalue weighted by molar-refractivity contribution is 6.33. The van der Waals surface area contributed by atoms with Crippen LogP contribution in [0, 0.1) is 0 Å². The van der Waals surface area contributed by atoms with Gasteiger partial charge >= 0.3 is 0 Å². The molecule has 2 amide bonds. The summed E-state index contributed by atoms with van der Waals surface area (Å²) >= 11 is 6.00. The molecule has 0 aliphatic carbocycles. The monoisotopic (exact) mass is 317 g/mol. The van der Waals surface area contributed by atoms with Crippen molar-refractivity contribution < 1.29 is 9.59 Å². The van der Waals surface area contributed by atoms with Gasteiger partial charge in [-0.1, -0.05) is 23.7 Å². The topological polar surface area (TPSA) is 71.1 Å². The third-order valence-electron chi connectivity index (χ3n) is 2.80. The Morgan fingerprint density at radius 1 is 1.14 bits per heavy atom. The second-order valence-corrected chi connectivity index (χ2v) is 5.40. The molecule has 1 aromatic carbocycles. The number of hydrogen-bond acceptors (Lipinski definition) is 3. The van der Waals surface area contributed by atoms with E-state index in [1.165, 1.54) is 12.3 Å². The van der Waals surface area contributed by atoms with Crippen LogP contribution in [0.15, 0.2) is 42.6 Å². The van der Waals surface area contributed by atoms with E-state index in [1.54, 1.807) is 30.3 Å². The van der Waals surface area contributed by atoms with E-state index in [4.69, 9.17) is 11.6 Å². The number of benzene rings is 1. The number of hydrogen-bond donors (Lipinski definition) is 2. The number of halogens is 1. The van der Waals surface area contributed by atoms with Crippen LogP contribution in [0.3, 0.4) is 0 Å². The van der Waals surface area contributed by atoms with Gasteiger partial charge in [0.15, 0.2) is 0 Å². The Hall–Kier alpha value is -2.40. The van der Waals surface area contributed by atoms with Crippen LogP contribution >= 0.6 is 11.6 Å². The first-order valence-electron chi connectivity index (χ1n) is 6.80. The fraction of sp³-hybridized carbons (Fsp3) is 0.188. The van der Waals surface area contributed by atoms with Crippen molar-refractivity contribution >= 4 is 29.1 Å². The summed E-state index contributed by atoms with van der Waals surface area (Å²) in [5.41, 5.74) is 1.03. The molecule has 0 saturated carbocycles. The molecule has 6 heteroatoms. The third kappa shape index (κ3) is 4.05. The summed E-state index contributed by atoms with van der Waals surface area (Å²) in [7, 11) is 0. The normalized spacial score (nSPS) is 10.4. The molecular weight excluding hydrogens is 302 g/mol. The van der Waals surface area contributed by atoms with Gasteiger partial charge in [-0.3, -0.25) is 14.6 Å². The largest absolute Gasteiger partial charge is 0.350 e. The average molecular weight is 318 g/mol. The van der Waals surface area contributed by atoms with E-state index in [0.717, 1.165) is 0 Å².